The quantitative estimate of drug-likeness (QED) is 0.819. The van der Waals surface area contributed by atoms with Crippen LogP contribution < -0.4 is 15.0 Å². The molecule has 1 heterocycles. The molecule has 0 unspecified atom stereocenters. The lowest BCUT2D eigenvalue weighted by Crippen LogP contribution is -2.39. The maximum Gasteiger partial charge on any atom is 0.251 e. The summed E-state index contributed by atoms with van der Waals surface area (Å²) in [5.41, 5.74) is 1.38. The average molecular weight is 342 g/mol. The Labute approximate surface area is 145 Å². The number of hydrogen-bond acceptors (Lipinski definition) is 4. The number of nitrogens with one attached hydrogen (secondary N) is 1. The lowest BCUT2D eigenvalue weighted by atomic mass is 10.1. The van der Waals surface area contributed by atoms with E-state index >= 15 is 0 Å². The third kappa shape index (κ3) is 3.85. The van der Waals surface area contributed by atoms with E-state index in [1.807, 2.05) is 6.07 Å². The topological polar surface area (TPSA) is 58.6 Å². The number of rotatable bonds is 6. The number of imide groups is 1. The number of amides is 2. The van der Waals surface area contributed by atoms with Crippen LogP contribution in [-0.4, -0.2) is 31.5 Å². The Kier molecular flexibility index (Phi) is 5.09. The molecule has 1 saturated heterocycles. The van der Waals surface area contributed by atoms with Crippen LogP contribution in [0.1, 0.15) is 12.0 Å². The van der Waals surface area contributed by atoms with Crippen LogP contribution in [0.3, 0.4) is 0 Å². The highest BCUT2D eigenvalue weighted by molar-refractivity contribution is 6.22. The highest BCUT2D eigenvalue weighted by Crippen LogP contribution is 2.25. The number of methoxy groups -OCH3 is 1. The van der Waals surface area contributed by atoms with Crippen LogP contribution in [0.2, 0.25) is 0 Å². The van der Waals surface area contributed by atoms with Crippen molar-refractivity contribution in [3.63, 3.8) is 0 Å². The molecule has 0 aromatic heterocycles. The molecule has 5 nitrogen and oxygen atoms in total. The third-order valence-corrected chi connectivity index (χ3v) is 4.17. The van der Waals surface area contributed by atoms with Gasteiger partial charge in [-0.25, -0.2) is 9.29 Å². The van der Waals surface area contributed by atoms with Gasteiger partial charge in [0.15, 0.2) is 0 Å². The van der Waals surface area contributed by atoms with E-state index in [0.717, 1.165) is 5.56 Å². The third-order valence-electron chi connectivity index (χ3n) is 4.17. The van der Waals surface area contributed by atoms with Gasteiger partial charge in [-0.15, -0.1) is 0 Å². The number of carbonyl (C=O) groups is 2. The number of halogens is 1. The van der Waals surface area contributed by atoms with Crippen LogP contribution >= 0.6 is 0 Å². The second-order valence-electron chi connectivity index (χ2n) is 5.86. The van der Waals surface area contributed by atoms with Gasteiger partial charge in [0.25, 0.3) is 5.91 Å². The van der Waals surface area contributed by atoms with Gasteiger partial charge in [-0.2, -0.15) is 0 Å². The number of benzene rings is 2. The zero-order chi connectivity index (χ0) is 17.8. The Morgan fingerprint density at radius 3 is 2.64 bits per heavy atom. The van der Waals surface area contributed by atoms with E-state index in [-0.39, 0.29) is 24.1 Å². The molecule has 1 atom stereocenters. The molecule has 2 aromatic carbocycles. The van der Waals surface area contributed by atoms with E-state index < -0.39 is 6.04 Å². The molecule has 1 N–H and O–H groups in total. The van der Waals surface area contributed by atoms with Crippen LogP contribution in [0.15, 0.2) is 48.5 Å². The molecule has 2 aromatic rings. The minimum absolute atomic E-state index is 0.119. The molecule has 25 heavy (non-hydrogen) atoms. The van der Waals surface area contributed by atoms with Crippen LogP contribution in [-0.2, 0) is 16.0 Å². The van der Waals surface area contributed by atoms with Gasteiger partial charge in [-0.1, -0.05) is 12.1 Å². The van der Waals surface area contributed by atoms with Crippen molar-refractivity contribution in [2.45, 2.75) is 18.9 Å². The summed E-state index contributed by atoms with van der Waals surface area (Å²) < 4.78 is 18.2. The predicted octanol–water partition coefficient (Wildman–Crippen LogP) is 2.30. The largest absolute Gasteiger partial charge is 0.497 e. The Morgan fingerprint density at radius 2 is 1.96 bits per heavy atom. The molecule has 6 heteroatoms. The van der Waals surface area contributed by atoms with Crippen molar-refractivity contribution in [1.82, 2.24) is 5.32 Å². The van der Waals surface area contributed by atoms with Crippen molar-refractivity contribution in [3.05, 3.63) is 59.9 Å². The zero-order valence-corrected chi connectivity index (χ0v) is 13.9. The normalized spacial score (nSPS) is 17.2. The monoisotopic (exact) mass is 342 g/mol. The van der Waals surface area contributed by atoms with Gasteiger partial charge in [0.1, 0.15) is 11.6 Å². The second-order valence-corrected chi connectivity index (χ2v) is 5.86. The van der Waals surface area contributed by atoms with Gasteiger partial charge in [0.2, 0.25) is 5.91 Å². The first-order valence-electron chi connectivity index (χ1n) is 8.07. The van der Waals surface area contributed by atoms with Gasteiger partial charge < -0.3 is 10.1 Å². The summed E-state index contributed by atoms with van der Waals surface area (Å²) in [6, 6.07) is 12.6. The van der Waals surface area contributed by atoms with Crippen molar-refractivity contribution < 1.29 is 18.7 Å². The number of hydrogen-bond donors (Lipinski definition) is 1. The molecule has 1 fully saturated rings. The Balaban J connectivity index is 1.60. The van der Waals surface area contributed by atoms with E-state index in [4.69, 9.17) is 4.74 Å². The SMILES string of the molecule is COc1ccc(N2C(=O)C[C@H](NCCc3cccc(F)c3)C2=O)cc1. The summed E-state index contributed by atoms with van der Waals surface area (Å²) in [6.45, 7) is 0.490. The fourth-order valence-electron chi connectivity index (χ4n) is 2.88. The van der Waals surface area contributed by atoms with Crippen LogP contribution in [0.25, 0.3) is 0 Å². The summed E-state index contributed by atoms with van der Waals surface area (Å²) in [5, 5.41) is 3.09. The Morgan fingerprint density at radius 1 is 1.20 bits per heavy atom. The van der Waals surface area contributed by atoms with Crippen molar-refractivity contribution >= 4 is 17.5 Å². The van der Waals surface area contributed by atoms with Crippen molar-refractivity contribution in [3.8, 4) is 5.75 Å². The molecule has 0 aliphatic carbocycles. The van der Waals surface area contributed by atoms with E-state index in [1.54, 1.807) is 37.4 Å². The summed E-state index contributed by atoms with van der Waals surface area (Å²) in [7, 11) is 1.56. The predicted molar refractivity (Wildman–Crippen MR) is 92.0 cm³/mol. The first-order chi connectivity index (χ1) is 12.1. The summed E-state index contributed by atoms with van der Waals surface area (Å²) in [6.07, 6.45) is 0.701. The van der Waals surface area contributed by atoms with Crippen molar-refractivity contribution in [2.75, 3.05) is 18.6 Å². The molecule has 1 aliphatic heterocycles. The second kappa shape index (κ2) is 7.44. The van der Waals surface area contributed by atoms with Gasteiger partial charge in [0.05, 0.1) is 25.3 Å². The molecule has 0 bridgehead atoms. The number of carbonyl (C=O) groups excluding carboxylic acids is 2. The average Bonchev–Trinajstić information content (AvgIpc) is 2.89. The lowest BCUT2D eigenvalue weighted by Gasteiger charge is -2.16. The molecule has 1 aliphatic rings. The maximum atomic E-state index is 13.2. The summed E-state index contributed by atoms with van der Waals surface area (Å²) in [4.78, 5) is 25.9. The maximum absolute atomic E-state index is 13.2. The fourth-order valence-corrected chi connectivity index (χ4v) is 2.88. The first kappa shape index (κ1) is 17.1. The zero-order valence-electron chi connectivity index (χ0n) is 13.9. The van der Waals surface area contributed by atoms with Crippen LogP contribution in [0.5, 0.6) is 5.75 Å². The molecule has 2 amide bonds. The van der Waals surface area contributed by atoms with Gasteiger partial charge >= 0.3 is 0 Å². The molecule has 0 spiro atoms. The van der Waals surface area contributed by atoms with Crippen LogP contribution in [0, 0.1) is 5.82 Å². The van der Waals surface area contributed by atoms with E-state index in [0.29, 0.717) is 24.4 Å². The Bertz CT molecular complexity index is 776. The number of anilines is 1. The van der Waals surface area contributed by atoms with Crippen LogP contribution in [0.4, 0.5) is 10.1 Å². The summed E-state index contributed by atoms with van der Waals surface area (Å²) in [5.74, 6) is -0.129. The van der Waals surface area contributed by atoms with E-state index in [1.165, 1.54) is 17.0 Å². The van der Waals surface area contributed by atoms with Crippen molar-refractivity contribution in [1.29, 1.82) is 0 Å². The van der Waals surface area contributed by atoms with Gasteiger partial charge in [-0.3, -0.25) is 9.59 Å². The standard InChI is InChI=1S/C19H19FN2O3/c1-25-16-7-5-15(6-8-16)22-18(23)12-17(19(22)24)21-10-9-13-3-2-4-14(20)11-13/h2-8,11,17,21H,9-10,12H2,1H3/t17-/m0/s1. The molecule has 130 valence electrons. The lowest BCUT2D eigenvalue weighted by molar-refractivity contribution is -0.121. The molecular weight excluding hydrogens is 323 g/mol. The summed E-state index contributed by atoms with van der Waals surface area (Å²) >= 11 is 0. The van der Waals surface area contributed by atoms with Gasteiger partial charge in [0, 0.05) is 0 Å². The highest BCUT2D eigenvalue weighted by Gasteiger charge is 2.39. The molecule has 0 saturated carbocycles. The minimum atomic E-state index is -0.553. The molecular formula is C19H19FN2O3. The molecule has 3 rings (SSSR count). The Hall–Kier alpha value is -2.73. The molecule has 0 radical (unpaired) electrons. The minimum Gasteiger partial charge on any atom is -0.497 e. The van der Waals surface area contributed by atoms with E-state index in [2.05, 4.69) is 5.32 Å². The van der Waals surface area contributed by atoms with Gasteiger partial charge in [-0.05, 0) is 54.9 Å². The fraction of sp³-hybridized carbons (Fsp3) is 0.263. The van der Waals surface area contributed by atoms with Crippen molar-refractivity contribution in [2.24, 2.45) is 0 Å². The first-order valence-corrected chi connectivity index (χ1v) is 8.07. The highest BCUT2D eigenvalue weighted by atomic mass is 19.1. The smallest absolute Gasteiger partial charge is 0.251 e. The van der Waals surface area contributed by atoms with E-state index in [9.17, 15) is 14.0 Å². The number of nitrogens with zero attached hydrogens (tertiary/aromatic N) is 1. The number of ether oxygens (including phenoxy) is 1.